The standard InChI is InChI=1S/C10H14O9/c1-5(11)9(15)19-6(2)10(16)18-4-8(14)17-3-7(12)13/h5-6,11H,3-4H2,1-2H3,(H,12,13). The van der Waals surface area contributed by atoms with Gasteiger partial charge in [-0.2, -0.15) is 0 Å². The molecule has 0 aromatic rings. The highest BCUT2D eigenvalue weighted by atomic mass is 16.6. The molecular weight excluding hydrogens is 264 g/mol. The first kappa shape index (κ1) is 16.8. The van der Waals surface area contributed by atoms with Crippen LogP contribution in [0.2, 0.25) is 0 Å². The van der Waals surface area contributed by atoms with E-state index in [-0.39, 0.29) is 0 Å². The first-order valence-corrected chi connectivity index (χ1v) is 5.16. The van der Waals surface area contributed by atoms with Gasteiger partial charge in [0.15, 0.2) is 19.3 Å². The maximum atomic E-state index is 11.2. The molecule has 0 aromatic carbocycles. The van der Waals surface area contributed by atoms with Gasteiger partial charge in [0.1, 0.15) is 6.10 Å². The number of carbonyl (C=O) groups excluding carboxylic acids is 3. The average molecular weight is 278 g/mol. The van der Waals surface area contributed by atoms with Crippen molar-refractivity contribution in [1.82, 2.24) is 0 Å². The van der Waals surface area contributed by atoms with Crippen molar-refractivity contribution in [2.24, 2.45) is 0 Å². The zero-order valence-electron chi connectivity index (χ0n) is 10.3. The van der Waals surface area contributed by atoms with Crippen molar-refractivity contribution in [3.05, 3.63) is 0 Å². The molecule has 108 valence electrons. The zero-order chi connectivity index (χ0) is 15.0. The van der Waals surface area contributed by atoms with E-state index in [9.17, 15) is 19.2 Å². The fourth-order valence-electron chi connectivity index (χ4n) is 0.752. The largest absolute Gasteiger partial charge is 0.479 e. The SMILES string of the molecule is CC(O)C(=O)OC(C)C(=O)OCC(=O)OCC(=O)O. The Morgan fingerprint density at radius 1 is 1.00 bits per heavy atom. The van der Waals surface area contributed by atoms with Gasteiger partial charge in [-0.15, -0.1) is 0 Å². The Kier molecular flexibility index (Phi) is 7.12. The molecule has 0 fully saturated rings. The topological polar surface area (TPSA) is 136 Å². The third-order valence-corrected chi connectivity index (χ3v) is 1.65. The second-order valence-electron chi connectivity index (χ2n) is 3.42. The predicted octanol–water partition coefficient (Wildman–Crippen LogP) is -1.53. The van der Waals surface area contributed by atoms with Crippen molar-refractivity contribution in [3.8, 4) is 0 Å². The molecule has 2 unspecified atom stereocenters. The van der Waals surface area contributed by atoms with Crippen molar-refractivity contribution >= 4 is 23.9 Å². The van der Waals surface area contributed by atoms with Gasteiger partial charge >= 0.3 is 23.9 Å². The number of rotatable bonds is 7. The van der Waals surface area contributed by atoms with Gasteiger partial charge in [0.05, 0.1) is 0 Å². The molecule has 0 bridgehead atoms. The molecule has 0 aromatic heterocycles. The molecule has 9 nitrogen and oxygen atoms in total. The quantitative estimate of drug-likeness (QED) is 0.419. The lowest BCUT2D eigenvalue weighted by Gasteiger charge is -2.13. The molecule has 0 aliphatic rings. The first-order chi connectivity index (χ1) is 8.73. The van der Waals surface area contributed by atoms with Crippen LogP contribution in [0.3, 0.4) is 0 Å². The van der Waals surface area contributed by atoms with Crippen molar-refractivity contribution < 1.29 is 43.6 Å². The Morgan fingerprint density at radius 3 is 2.05 bits per heavy atom. The van der Waals surface area contributed by atoms with Crippen molar-refractivity contribution in [2.75, 3.05) is 13.2 Å². The van der Waals surface area contributed by atoms with Crippen LogP contribution in [0.15, 0.2) is 0 Å². The highest BCUT2D eigenvalue weighted by molar-refractivity contribution is 5.83. The van der Waals surface area contributed by atoms with Gasteiger partial charge in [-0.1, -0.05) is 0 Å². The molecule has 9 heteroatoms. The second-order valence-corrected chi connectivity index (χ2v) is 3.42. The van der Waals surface area contributed by atoms with Gasteiger partial charge in [-0.05, 0) is 13.8 Å². The maximum Gasteiger partial charge on any atom is 0.347 e. The van der Waals surface area contributed by atoms with E-state index in [0.29, 0.717) is 0 Å². The molecule has 19 heavy (non-hydrogen) atoms. The fourth-order valence-corrected chi connectivity index (χ4v) is 0.752. The minimum Gasteiger partial charge on any atom is -0.479 e. The second kappa shape index (κ2) is 8.03. The average Bonchev–Trinajstić information content (AvgIpc) is 2.32. The van der Waals surface area contributed by atoms with E-state index in [1.165, 1.54) is 6.92 Å². The Bertz CT molecular complexity index is 360. The Morgan fingerprint density at radius 2 is 1.58 bits per heavy atom. The number of esters is 3. The fraction of sp³-hybridized carbons (Fsp3) is 0.600. The van der Waals surface area contributed by atoms with Crippen LogP contribution in [0.4, 0.5) is 0 Å². The van der Waals surface area contributed by atoms with E-state index in [1.807, 2.05) is 0 Å². The van der Waals surface area contributed by atoms with Crippen LogP contribution in [0.5, 0.6) is 0 Å². The summed E-state index contributed by atoms with van der Waals surface area (Å²) in [5.41, 5.74) is 0. The Balaban J connectivity index is 4.00. The molecule has 0 spiro atoms. The molecule has 0 amide bonds. The smallest absolute Gasteiger partial charge is 0.347 e. The van der Waals surface area contributed by atoms with Crippen LogP contribution in [-0.4, -0.2) is 59.5 Å². The van der Waals surface area contributed by atoms with Crippen LogP contribution in [0, 0.1) is 0 Å². The molecule has 2 N–H and O–H groups in total. The number of aliphatic carboxylic acids is 1. The number of hydrogen-bond donors (Lipinski definition) is 2. The summed E-state index contributed by atoms with van der Waals surface area (Å²) >= 11 is 0. The highest BCUT2D eigenvalue weighted by Gasteiger charge is 2.22. The van der Waals surface area contributed by atoms with Crippen LogP contribution in [0.25, 0.3) is 0 Å². The van der Waals surface area contributed by atoms with Gasteiger partial charge in [-0.25, -0.2) is 19.2 Å². The Hall–Kier alpha value is -2.16. The minimum absolute atomic E-state index is 0.803. The van der Waals surface area contributed by atoms with E-state index in [1.54, 1.807) is 0 Å². The molecule has 0 aliphatic carbocycles. The maximum absolute atomic E-state index is 11.2. The normalized spacial score (nSPS) is 13.0. The van der Waals surface area contributed by atoms with Crippen molar-refractivity contribution in [2.45, 2.75) is 26.1 Å². The summed E-state index contributed by atoms with van der Waals surface area (Å²) in [4.78, 5) is 43.1. The van der Waals surface area contributed by atoms with Gasteiger partial charge in [0.25, 0.3) is 0 Å². The van der Waals surface area contributed by atoms with E-state index in [2.05, 4.69) is 14.2 Å². The molecule has 0 saturated heterocycles. The summed E-state index contributed by atoms with van der Waals surface area (Å²) in [5.74, 6) is -4.44. The lowest BCUT2D eigenvalue weighted by atomic mass is 10.4. The van der Waals surface area contributed by atoms with Crippen molar-refractivity contribution in [1.29, 1.82) is 0 Å². The summed E-state index contributed by atoms with van der Waals surface area (Å²) in [5, 5.41) is 17.0. The van der Waals surface area contributed by atoms with E-state index in [0.717, 1.165) is 6.92 Å². The van der Waals surface area contributed by atoms with Crippen LogP contribution in [-0.2, 0) is 33.4 Å². The highest BCUT2D eigenvalue weighted by Crippen LogP contribution is 1.98. The van der Waals surface area contributed by atoms with Crippen LogP contribution in [0.1, 0.15) is 13.8 Å². The molecular formula is C10H14O9. The number of aliphatic hydroxyl groups is 1. The molecule has 0 radical (unpaired) electrons. The third kappa shape index (κ3) is 7.71. The van der Waals surface area contributed by atoms with E-state index >= 15 is 0 Å². The van der Waals surface area contributed by atoms with Gasteiger partial charge in [-0.3, -0.25) is 0 Å². The molecule has 0 heterocycles. The Labute approximate surface area is 108 Å². The molecule has 0 saturated carbocycles. The van der Waals surface area contributed by atoms with Gasteiger partial charge < -0.3 is 24.4 Å². The summed E-state index contributed by atoms with van der Waals surface area (Å²) in [6.07, 6.45) is -2.70. The lowest BCUT2D eigenvalue weighted by Crippen LogP contribution is -2.32. The van der Waals surface area contributed by atoms with Gasteiger partial charge in [0, 0.05) is 0 Å². The number of aliphatic hydroxyl groups excluding tert-OH is 1. The lowest BCUT2D eigenvalue weighted by molar-refractivity contribution is -0.175. The third-order valence-electron chi connectivity index (χ3n) is 1.65. The minimum atomic E-state index is -1.39. The summed E-state index contributed by atoms with van der Waals surface area (Å²) < 4.78 is 13.1. The van der Waals surface area contributed by atoms with Crippen LogP contribution >= 0.6 is 0 Å². The summed E-state index contributed by atoms with van der Waals surface area (Å²) in [6.45, 7) is 0.695. The number of ether oxygens (including phenoxy) is 3. The van der Waals surface area contributed by atoms with Crippen molar-refractivity contribution in [3.63, 3.8) is 0 Å². The van der Waals surface area contributed by atoms with Gasteiger partial charge in [0.2, 0.25) is 0 Å². The molecule has 0 aliphatic heterocycles. The summed E-state index contributed by atoms with van der Waals surface area (Å²) in [6, 6.07) is 0. The first-order valence-electron chi connectivity index (χ1n) is 5.16. The monoisotopic (exact) mass is 278 g/mol. The van der Waals surface area contributed by atoms with E-state index in [4.69, 9.17) is 10.2 Å². The number of carboxylic acid groups (broad SMARTS) is 1. The number of carboxylic acids is 1. The zero-order valence-corrected chi connectivity index (χ0v) is 10.3. The van der Waals surface area contributed by atoms with Crippen LogP contribution < -0.4 is 0 Å². The summed E-state index contributed by atoms with van der Waals surface area (Å²) in [7, 11) is 0. The molecule has 2 atom stereocenters. The number of carbonyl (C=O) groups is 4. The molecule has 0 rings (SSSR count). The number of hydrogen-bond acceptors (Lipinski definition) is 8. The predicted molar refractivity (Wildman–Crippen MR) is 56.8 cm³/mol. The van der Waals surface area contributed by atoms with E-state index < -0.39 is 49.3 Å².